The van der Waals surface area contributed by atoms with E-state index >= 15 is 0 Å². The van der Waals surface area contributed by atoms with Gasteiger partial charge in [-0.05, 0) is 20.3 Å². The van der Waals surface area contributed by atoms with Crippen LogP contribution in [0, 0.1) is 11.3 Å². The fraction of sp³-hybridized carbons (Fsp3) is 0.846. The third-order valence-corrected chi connectivity index (χ3v) is 2.84. The Morgan fingerprint density at radius 3 is 1.68 bits per heavy atom. The summed E-state index contributed by atoms with van der Waals surface area (Å²) in [6, 6.07) is 0. The lowest BCUT2D eigenvalue weighted by Crippen LogP contribution is -2.39. The number of aliphatic hydroxyl groups excluding tert-OH is 2. The minimum Gasteiger partial charge on any atom is -0.481 e. The molecule has 0 aliphatic heterocycles. The van der Waals surface area contributed by atoms with Crippen molar-refractivity contribution in [3.05, 3.63) is 0 Å². The van der Waals surface area contributed by atoms with Crippen LogP contribution in [0.2, 0.25) is 0 Å². The number of hydrogen-bond donors (Lipinski definition) is 4. The number of carboxylic acids is 2. The Morgan fingerprint density at radius 2 is 1.47 bits per heavy atom. The summed E-state index contributed by atoms with van der Waals surface area (Å²) >= 11 is 0. The molecule has 0 radical (unpaired) electrons. The van der Waals surface area contributed by atoms with Crippen molar-refractivity contribution >= 4 is 11.9 Å². The molecule has 6 heteroatoms. The highest BCUT2D eigenvalue weighted by Crippen LogP contribution is 2.24. The lowest BCUT2D eigenvalue weighted by atomic mass is 9.83. The van der Waals surface area contributed by atoms with Crippen molar-refractivity contribution < 1.29 is 30.0 Å². The van der Waals surface area contributed by atoms with Crippen LogP contribution in [0.5, 0.6) is 0 Å². The first kappa shape index (κ1) is 20.2. The summed E-state index contributed by atoms with van der Waals surface area (Å²) in [5, 5.41) is 35.5. The third-order valence-electron chi connectivity index (χ3n) is 2.84. The van der Waals surface area contributed by atoms with E-state index in [9.17, 15) is 19.8 Å². The van der Waals surface area contributed by atoms with Gasteiger partial charge in [-0.3, -0.25) is 9.59 Å². The van der Waals surface area contributed by atoms with Gasteiger partial charge < -0.3 is 20.4 Å². The van der Waals surface area contributed by atoms with Crippen molar-refractivity contribution in [3.63, 3.8) is 0 Å². The highest BCUT2D eigenvalue weighted by molar-refractivity contribution is 5.74. The zero-order valence-corrected chi connectivity index (χ0v) is 12.3. The van der Waals surface area contributed by atoms with Gasteiger partial charge in [-0.2, -0.15) is 0 Å². The number of hydrogen-bond acceptors (Lipinski definition) is 4. The first-order valence-electron chi connectivity index (χ1n) is 6.29. The Morgan fingerprint density at radius 1 is 1.11 bits per heavy atom. The van der Waals surface area contributed by atoms with Crippen LogP contribution in [0.4, 0.5) is 0 Å². The van der Waals surface area contributed by atoms with E-state index < -0.39 is 29.6 Å². The van der Waals surface area contributed by atoms with Gasteiger partial charge in [0.2, 0.25) is 0 Å². The van der Waals surface area contributed by atoms with E-state index in [2.05, 4.69) is 0 Å². The lowest BCUT2D eigenvalue weighted by molar-refractivity contribution is -0.154. The molecule has 0 aromatic rings. The lowest BCUT2D eigenvalue weighted by Gasteiger charge is -2.27. The van der Waals surface area contributed by atoms with E-state index in [1.807, 2.05) is 0 Å². The predicted octanol–water partition coefficient (Wildman–Crippen LogP) is 1.35. The molecule has 0 aliphatic rings. The molecule has 2 unspecified atom stereocenters. The monoisotopic (exact) mass is 278 g/mol. The minimum atomic E-state index is -1.20. The summed E-state index contributed by atoms with van der Waals surface area (Å²) in [6.07, 6.45) is -1.02. The van der Waals surface area contributed by atoms with Crippen molar-refractivity contribution in [3.8, 4) is 0 Å². The Balaban J connectivity index is 0. The van der Waals surface area contributed by atoms with Crippen LogP contribution in [0.3, 0.4) is 0 Å². The number of rotatable bonds is 6. The average Bonchev–Trinajstić information content (AvgIpc) is 2.28. The number of carboxylic acid groups (broad SMARTS) is 2. The van der Waals surface area contributed by atoms with Crippen LogP contribution in [-0.2, 0) is 9.59 Å². The highest BCUT2D eigenvalue weighted by Gasteiger charge is 2.36. The van der Waals surface area contributed by atoms with Gasteiger partial charge in [0.1, 0.15) is 0 Å². The van der Waals surface area contributed by atoms with Crippen LogP contribution >= 0.6 is 0 Å². The number of carbonyl (C=O) groups is 2. The third kappa shape index (κ3) is 8.56. The fourth-order valence-corrected chi connectivity index (χ4v) is 0.862. The maximum atomic E-state index is 10.7. The summed E-state index contributed by atoms with van der Waals surface area (Å²) in [6.45, 7) is 7.96. The molecule has 4 N–H and O–H groups in total. The molecule has 114 valence electrons. The molecule has 0 amide bonds. The molecule has 19 heavy (non-hydrogen) atoms. The zero-order valence-electron chi connectivity index (χ0n) is 12.3. The Bertz CT molecular complexity index is 285. The van der Waals surface area contributed by atoms with Crippen LogP contribution in [0.15, 0.2) is 0 Å². The van der Waals surface area contributed by atoms with Crippen molar-refractivity contribution in [1.82, 2.24) is 0 Å². The summed E-state index contributed by atoms with van der Waals surface area (Å²) in [7, 11) is 0. The summed E-state index contributed by atoms with van der Waals surface area (Å²) in [4.78, 5) is 20.4. The molecule has 0 spiro atoms. The zero-order chi connectivity index (χ0) is 15.8. The second kappa shape index (κ2) is 8.87. The maximum absolute atomic E-state index is 10.7. The second-order valence-electron chi connectivity index (χ2n) is 5.33. The maximum Gasteiger partial charge on any atom is 0.311 e. The Labute approximate surface area is 114 Å². The van der Waals surface area contributed by atoms with Crippen LogP contribution in [-0.4, -0.2) is 44.6 Å². The van der Waals surface area contributed by atoms with E-state index in [-0.39, 0.29) is 12.3 Å². The van der Waals surface area contributed by atoms with Gasteiger partial charge in [0.15, 0.2) is 0 Å². The van der Waals surface area contributed by atoms with E-state index in [4.69, 9.17) is 10.2 Å². The van der Waals surface area contributed by atoms with Gasteiger partial charge >= 0.3 is 11.9 Å². The quantitative estimate of drug-likeness (QED) is 0.583. The van der Waals surface area contributed by atoms with Gasteiger partial charge in [-0.15, -0.1) is 0 Å². The molecule has 0 bridgehead atoms. The number of aliphatic hydroxyl groups is 2. The predicted molar refractivity (Wildman–Crippen MR) is 70.8 cm³/mol. The standard InChI is InChI=1S/C9H18O4.C4H8O2/c1-4-6(10)5-7(11)9(2,3)8(12)13;1-3(2)4(5)6/h6-7,10-11H,4-5H2,1-3H3,(H,12,13);3H,1-2H3,(H,5,6). The largest absolute Gasteiger partial charge is 0.481 e. The smallest absolute Gasteiger partial charge is 0.311 e. The molecular weight excluding hydrogens is 252 g/mol. The van der Waals surface area contributed by atoms with Crippen LogP contribution in [0.25, 0.3) is 0 Å². The first-order chi connectivity index (χ1) is 8.46. The first-order valence-corrected chi connectivity index (χ1v) is 6.29. The van der Waals surface area contributed by atoms with Gasteiger partial charge in [0.05, 0.1) is 23.5 Å². The van der Waals surface area contributed by atoms with E-state index in [0.29, 0.717) is 6.42 Å². The average molecular weight is 278 g/mol. The normalized spacial score (nSPS) is 14.3. The molecule has 0 aromatic heterocycles. The summed E-state index contributed by atoms with van der Waals surface area (Å²) in [5.74, 6) is -2.02. The Hall–Kier alpha value is -1.14. The van der Waals surface area contributed by atoms with Crippen LogP contribution in [0.1, 0.15) is 47.5 Å². The van der Waals surface area contributed by atoms with Gasteiger partial charge in [-0.1, -0.05) is 20.8 Å². The van der Waals surface area contributed by atoms with Crippen molar-refractivity contribution in [2.45, 2.75) is 59.7 Å². The summed E-state index contributed by atoms with van der Waals surface area (Å²) < 4.78 is 0. The molecule has 0 saturated carbocycles. The van der Waals surface area contributed by atoms with Crippen molar-refractivity contribution in [2.24, 2.45) is 11.3 Å². The molecule has 0 aromatic carbocycles. The molecule has 0 heterocycles. The molecule has 0 aliphatic carbocycles. The van der Waals surface area contributed by atoms with Gasteiger partial charge in [0, 0.05) is 6.42 Å². The molecule has 6 nitrogen and oxygen atoms in total. The van der Waals surface area contributed by atoms with Crippen molar-refractivity contribution in [2.75, 3.05) is 0 Å². The topological polar surface area (TPSA) is 115 Å². The van der Waals surface area contributed by atoms with E-state index in [1.165, 1.54) is 13.8 Å². The molecular formula is C13H26O6. The van der Waals surface area contributed by atoms with Gasteiger partial charge in [-0.25, -0.2) is 0 Å². The number of aliphatic carboxylic acids is 2. The van der Waals surface area contributed by atoms with Crippen LogP contribution < -0.4 is 0 Å². The SMILES string of the molecule is CC(C)C(=O)O.CCC(O)CC(O)C(C)(C)C(=O)O. The highest BCUT2D eigenvalue weighted by atomic mass is 16.4. The fourth-order valence-electron chi connectivity index (χ4n) is 0.862. The van der Waals surface area contributed by atoms with E-state index in [0.717, 1.165) is 0 Å². The molecule has 0 fully saturated rings. The molecule has 0 rings (SSSR count). The van der Waals surface area contributed by atoms with E-state index in [1.54, 1.807) is 20.8 Å². The summed E-state index contributed by atoms with van der Waals surface area (Å²) in [5.41, 5.74) is -1.20. The minimum absolute atomic E-state index is 0.107. The molecule has 0 saturated heterocycles. The van der Waals surface area contributed by atoms with Gasteiger partial charge in [0.25, 0.3) is 0 Å². The molecule has 2 atom stereocenters. The van der Waals surface area contributed by atoms with Crippen molar-refractivity contribution in [1.29, 1.82) is 0 Å². The second-order valence-corrected chi connectivity index (χ2v) is 5.33. The Kier molecular flexibility index (Phi) is 9.43.